The van der Waals surface area contributed by atoms with Crippen LogP contribution in [0.4, 0.5) is 21.0 Å². The molecule has 1 aromatic heterocycles. The molecule has 346 valence electrons. The number of rotatable bonds is 12. The van der Waals surface area contributed by atoms with E-state index in [2.05, 4.69) is 112 Å². The number of hydrogen-bond acceptors (Lipinski definition) is 10. The van der Waals surface area contributed by atoms with Crippen molar-refractivity contribution in [2.45, 2.75) is 109 Å². The summed E-state index contributed by atoms with van der Waals surface area (Å²) in [6.07, 6.45) is 4.96. The zero-order valence-electron chi connectivity index (χ0n) is 38.5. The summed E-state index contributed by atoms with van der Waals surface area (Å²) in [5, 5.41) is 6.34. The number of nitrogens with zero attached hydrogens (tertiary/aromatic N) is 5. The molecular weight excluding hydrogens is 827 g/mol. The van der Waals surface area contributed by atoms with Crippen molar-refractivity contribution in [3.8, 4) is 11.3 Å². The molecule has 5 atom stereocenters. The van der Waals surface area contributed by atoms with Crippen molar-refractivity contribution in [3.63, 3.8) is 0 Å². The van der Waals surface area contributed by atoms with Crippen molar-refractivity contribution >= 4 is 41.3 Å². The van der Waals surface area contributed by atoms with E-state index in [0.29, 0.717) is 37.4 Å². The van der Waals surface area contributed by atoms with Crippen LogP contribution in [-0.2, 0) is 29.3 Å². The molecule has 0 unspecified atom stereocenters. The van der Waals surface area contributed by atoms with Crippen molar-refractivity contribution in [2.75, 3.05) is 44.1 Å². The number of amides is 5. The van der Waals surface area contributed by atoms with Crippen molar-refractivity contribution in [3.05, 3.63) is 102 Å². The minimum atomic E-state index is -0.973. The number of methoxy groups -OCH3 is 2. The lowest BCUT2D eigenvalue weighted by molar-refractivity contribution is -0.142. The maximum atomic E-state index is 13.7. The number of nitrogens with two attached hydrogens (primary N) is 1. The molecule has 0 saturated carbocycles. The quantitative estimate of drug-likeness (QED) is 0.0634. The van der Waals surface area contributed by atoms with Gasteiger partial charge >= 0.3 is 12.2 Å². The highest BCUT2D eigenvalue weighted by molar-refractivity contribution is 5.98. The van der Waals surface area contributed by atoms with Crippen molar-refractivity contribution < 1.29 is 33.4 Å². The molecule has 7 rings (SSSR count). The van der Waals surface area contributed by atoms with Gasteiger partial charge in [0.2, 0.25) is 17.7 Å². The predicted octanol–water partition coefficient (Wildman–Crippen LogP) is 7.37. The zero-order chi connectivity index (χ0) is 46.6. The van der Waals surface area contributed by atoms with Gasteiger partial charge in [0.15, 0.2) is 0 Å². The van der Waals surface area contributed by atoms with Gasteiger partial charge in [-0.15, -0.1) is 0 Å². The van der Waals surface area contributed by atoms with Gasteiger partial charge in [-0.3, -0.25) is 14.4 Å². The van der Waals surface area contributed by atoms with Crippen LogP contribution in [0, 0.1) is 5.92 Å². The second-order valence-electron chi connectivity index (χ2n) is 18.6. The van der Waals surface area contributed by atoms with Gasteiger partial charge in [0.25, 0.3) is 0 Å². The summed E-state index contributed by atoms with van der Waals surface area (Å²) in [6, 6.07) is 23.7. The molecule has 3 fully saturated rings. The highest BCUT2D eigenvalue weighted by Crippen LogP contribution is 2.47. The number of carbonyl (C=O) groups excluding carboxylic acids is 5. The van der Waals surface area contributed by atoms with E-state index in [0.717, 1.165) is 53.2 Å². The second kappa shape index (κ2) is 19.8. The van der Waals surface area contributed by atoms with Gasteiger partial charge in [-0.05, 0) is 96.4 Å². The highest BCUT2D eigenvalue weighted by atomic mass is 16.5. The SMILES string of the molecule is COC(=O)NCC(=O)N1CCC[C@H]1c1ncc(-c2ccc([C@H]3CC[C@@H](c4ccc(NC(=O)[C@@H]5CCCN5C(=O)[C@H](C(C)C)N(N)C(=O)OC)cc4)N3c3ccc(C(C)(C)C)cc3)cc2)[nH]1. The van der Waals surface area contributed by atoms with Crippen LogP contribution in [0.5, 0.6) is 0 Å². The Balaban J connectivity index is 1.07. The maximum absolute atomic E-state index is 13.7. The molecule has 65 heavy (non-hydrogen) atoms. The van der Waals surface area contributed by atoms with Gasteiger partial charge in [0.05, 0.1) is 44.2 Å². The van der Waals surface area contributed by atoms with Crippen LogP contribution in [0.15, 0.2) is 79.0 Å². The maximum Gasteiger partial charge on any atom is 0.424 e. The van der Waals surface area contributed by atoms with E-state index in [1.165, 1.54) is 30.2 Å². The average molecular weight is 890 g/mol. The van der Waals surface area contributed by atoms with E-state index in [1.54, 1.807) is 18.7 Å². The summed E-state index contributed by atoms with van der Waals surface area (Å²) in [4.78, 5) is 78.2. The van der Waals surface area contributed by atoms with Gasteiger partial charge in [-0.1, -0.05) is 83.1 Å². The van der Waals surface area contributed by atoms with E-state index in [9.17, 15) is 24.0 Å². The number of aromatic amines is 1. The first-order valence-corrected chi connectivity index (χ1v) is 22.6. The largest absolute Gasteiger partial charge is 0.453 e. The predicted molar refractivity (Wildman–Crippen MR) is 247 cm³/mol. The molecule has 3 aromatic carbocycles. The van der Waals surface area contributed by atoms with Crippen LogP contribution < -0.4 is 21.4 Å². The molecule has 0 aliphatic carbocycles. The van der Waals surface area contributed by atoms with E-state index < -0.39 is 24.3 Å². The van der Waals surface area contributed by atoms with E-state index in [1.807, 2.05) is 18.3 Å². The fourth-order valence-corrected chi connectivity index (χ4v) is 9.60. The summed E-state index contributed by atoms with van der Waals surface area (Å²) < 4.78 is 9.39. The lowest BCUT2D eigenvalue weighted by Gasteiger charge is -2.34. The first-order valence-electron chi connectivity index (χ1n) is 22.6. The molecule has 16 heteroatoms. The van der Waals surface area contributed by atoms with Crippen LogP contribution in [-0.4, -0.2) is 101 Å². The molecule has 3 saturated heterocycles. The van der Waals surface area contributed by atoms with Gasteiger partial charge in [-0.2, -0.15) is 0 Å². The molecule has 4 heterocycles. The Morgan fingerprint density at radius 2 is 1.43 bits per heavy atom. The monoisotopic (exact) mass is 889 g/mol. The minimum absolute atomic E-state index is 0.00500. The lowest BCUT2D eigenvalue weighted by atomic mass is 9.87. The number of benzene rings is 3. The van der Waals surface area contributed by atoms with Crippen LogP contribution in [0.1, 0.15) is 114 Å². The van der Waals surface area contributed by atoms with Crippen molar-refractivity contribution in [1.29, 1.82) is 0 Å². The highest BCUT2D eigenvalue weighted by Gasteiger charge is 2.42. The molecule has 0 bridgehead atoms. The van der Waals surface area contributed by atoms with E-state index in [-0.39, 0.29) is 53.7 Å². The molecule has 5 N–H and O–H groups in total. The molecule has 0 radical (unpaired) electrons. The zero-order valence-corrected chi connectivity index (χ0v) is 38.5. The minimum Gasteiger partial charge on any atom is -0.453 e. The topological polar surface area (TPSA) is 196 Å². The second-order valence-corrected chi connectivity index (χ2v) is 18.6. The van der Waals surface area contributed by atoms with Gasteiger partial charge < -0.3 is 39.8 Å². The number of nitrogens with one attached hydrogen (secondary N) is 3. The number of alkyl carbamates (subject to hydrolysis) is 1. The smallest absolute Gasteiger partial charge is 0.424 e. The Morgan fingerprint density at radius 3 is 2.03 bits per heavy atom. The third kappa shape index (κ3) is 10.1. The number of anilines is 2. The summed E-state index contributed by atoms with van der Waals surface area (Å²) >= 11 is 0. The summed E-state index contributed by atoms with van der Waals surface area (Å²) in [6.45, 7) is 11.1. The number of aromatic nitrogens is 2. The van der Waals surface area contributed by atoms with Gasteiger partial charge in [0.1, 0.15) is 24.5 Å². The van der Waals surface area contributed by atoms with Crippen LogP contribution in [0.25, 0.3) is 11.3 Å². The lowest BCUT2D eigenvalue weighted by Crippen LogP contribution is -2.58. The number of ether oxygens (including phenoxy) is 2. The third-order valence-electron chi connectivity index (χ3n) is 13.0. The summed E-state index contributed by atoms with van der Waals surface area (Å²) in [5.74, 6) is 5.58. The standard InChI is InChI=1S/C49H63N9O7/c1-30(2)43(58(50)48(63)65-7)46(61)56-27-9-11-41(56)45(60)53-35-20-16-33(17-21-35)39-25-24-38(57(39)36-22-18-34(19-23-36)49(3,4)5)32-14-12-31(13-15-32)37-28-51-44(54-37)40-10-8-26-55(40)42(59)29-52-47(62)64-6/h12-23,28,30,38-41,43H,8-11,24-27,29,50H2,1-7H3,(H,51,54)(H,52,62)(H,53,60)/t38-,39+,40+,41+,43+/m1/s1. The molecule has 3 aliphatic rings. The Morgan fingerprint density at radius 1 is 0.815 bits per heavy atom. The Kier molecular flexibility index (Phi) is 14.2. The Bertz CT molecular complexity index is 2320. The summed E-state index contributed by atoms with van der Waals surface area (Å²) in [7, 11) is 2.48. The molecular formula is C49H63N9O7. The van der Waals surface area contributed by atoms with Gasteiger partial charge in [-0.25, -0.2) is 25.4 Å². The summed E-state index contributed by atoms with van der Waals surface area (Å²) in [5.41, 5.74) is 7.16. The fraction of sp³-hybridized carbons (Fsp3) is 0.469. The first-order chi connectivity index (χ1) is 31.1. The molecule has 0 spiro atoms. The molecule has 5 amide bonds. The molecule has 16 nitrogen and oxygen atoms in total. The number of H-pyrrole nitrogens is 1. The number of hydrazine groups is 1. The Hall–Kier alpha value is -6.42. The first kappa shape index (κ1) is 46.6. The average Bonchev–Trinajstić information content (AvgIpc) is 4.15. The van der Waals surface area contributed by atoms with Gasteiger partial charge in [0, 0.05) is 24.5 Å². The number of likely N-dealkylation sites (tertiary alicyclic amines) is 2. The number of carbonyl (C=O) groups is 5. The van der Waals surface area contributed by atoms with E-state index in [4.69, 9.17) is 10.6 Å². The normalized spacial score (nSPS) is 20.2. The van der Waals surface area contributed by atoms with Crippen molar-refractivity contribution in [2.24, 2.45) is 11.8 Å². The van der Waals surface area contributed by atoms with Crippen LogP contribution in [0.2, 0.25) is 0 Å². The van der Waals surface area contributed by atoms with Crippen molar-refractivity contribution in [1.82, 2.24) is 30.1 Å². The molecule has 3 aliphatic heterocycles. The number of imidazole rings is 1. The Labute approximate surface area is 381 Å². The van der Waals surface area contributed by atoms with Crippen LogP contribution in [0.3, 0.4) is 0 Å². The number of hydrogen-bond donors (Lipinski definition) is 4. The molecule has 4 aromatic rings. The third-order valence-corrected chi connectivity index (χ3v) is 13.0. The van der Waals surface area contributed by atoms with E-state index >= 15 is 0 Å². The fourth-order valence-electron chi connectivity index (χ4n) is 9.60. The van der Waals surface area contributed by atoms with Crippen LogP contribution >= 0.6 is 0 Å².